The van der Waals surface area contributed by atoms with Crippen molar-refractivity contribution in [2.75, 3.05) is 0 Å². The van der Waals surface area contributed by atoms with Crippen molar-refractivity contribution < 1.29 is 23.6 Å². The minimum Gasteiger partial charge on any atom is -0.506 e. The Morgan fingerprint density at radius 3 is 2.59 bits per heavy atom. The molecule has 5 rings (SSSR count). The lowest BCUT2D eigenvalue weighted by atomic mass is 10.0. The number of aromatic nitrogens is 3. The molecule has 1 aliphatic carbocycles. The van der Waals surface area contributed by atoms with Crippen LogP contribution in [0.15, 0.2) is 52.1 Å². The summed E-state index contributed by atoms with van der Waals surface area (Å²) in [6.45, 7) is 2.06. The van der Waals surface area contributed by atoms with E-state index >= 15 is 0 Å². The highest BCUT2D eigenvalue weighted by Crippen LogP contribution is 2.46. The summed E-state index contributed by atoms with van der Waals surface area (Å²) in [5, 5.41) is 21.7. The van der Waals surface area contributed by atoms with Crippen molar-refractivity contribution in [3.05, 3.63) is 75.7 Å². The van der Waals surface area contributed by atoms with Crippen molar-refractivity contribution >= 4 is 43.6 Å². The van der Waals surface area contributed by atoms with Gasteiger partial charge in [-0.3, -0.25) is 4.21 Å². The number of hydrogen-bond donors (Lipinski definition) is 2. The first kappa shape index (κ1) is 22.8. The Morgan fingerprint density at radius 1 is 1.29 bits per heavy atom. The number of aryl methyl sites for hydroxylation is 1. The van der Waals surface area contributed by atoms with Gasteiger partial charge < -0.3 is 19.3 Å². The van der Waals surface area contributed by atoms with Gasteiger partial charge in [-0.15, -0.1) is 0 Å². The molecule has 4 aromatic rings. The Hall–Kier alpha value is -2.98. The molecule has 0 spiro atoms. The van der Waals surface area contributed by atoms with Gasteiger partial charge in [0, 0.05) is 40.0 Å². The van der Waals surface area contributed by atoms with Crippen LogP contribution < -0.4 is 0 Å². The first-order valence-corrected chi connectivity index (χ1v) is 12.8. The smallest absolute Gasteiger partial charge is 0.338 e. The van der Waals surface area contributed by atoms with Gasteiger partial charge in [0.1, 0.15) is 17.4 Å². The van der Waals surface area contributed by atoms with E-state index in [0.29, 0.717) is 31.5 Å². The number of rotatable bonds is 7. The fraction of sp³-hybridized carbons (Fsp3) is 0.250. The van der Waals surface area contributed by atoms with Crippen LogP contribution in [-0.4, -0.2) is 34.5 Å². The molecular formula is C24H21BrFN3O4S. The van der Waals surface area contributed by atoms with Gasteiger partial charge in [-0.1, -0.05) is 0 Å². The third-order valence-electron chi connectivity index (χ3n) is 6.14. The monoisotopic (exact) mass is 545 g/mol. The van der Waals surface area contributed by atoms with Gasteiger partial charge >= 0.3 is 5.97 Å². The maximum absolute atomic E-state index is 13.4. The van der Waals surface area contributed by atoms with Crippen molar-refractivity contribution in [1.82, 2.24) is 14.1 Å². The van der Waals surface area contributed by atoms with E-state index in [1.165, 1.54) is 24.3 Å². The molecule has 1 atom stereocenters. The summed E-state index contributed by atoms with van der Waals surface area (Å²) < 4.78 is 30.8. The number of aromatic carboxylic acids is 1. The minimum atomic E-state index is -1.59. The van der Waals surface area contributed by atoms with Crippen molar-refractivity contribution in [3.63, 3.8) is 0 Å². The van der Waals surface area contributed by atoms with Crippen molar-refractivity contribution in [2.45, 2.75) is 43.0 Å². The highest BCUT2D eigenvalue weighted by Gasteiger charge is 2.34. The number of carboxylic acid groups (broad SMARTS) is 1. The van der Waals surface area contributed by atoms with Crippen LogP contribution in [0, 0.1) is 12.7 Å². The molecule has 7 nitrogen and oxygen atoms in total. The van der Waals surface area contributed by atoms with Crippen molar-refractivity contribution in [1.29, 1.82) is 0 Å². The molecule has 10 heteroatoms. The quantitative estimate of drug-likeness (QED) is 0.335. The normalized spacial score (nSPS) is 14.6. The van der Waals surface area contributed by atoms with E-state index in [-0.39, 0.29) is 29.7 Å². The number of carbonyl (C=O) groups is 1. The Morgan fingerprint density at radius 2 is 2.00 bits per heavy atom. The largest absolute Gasteiger partial charge is 0.506 e. The van der Waals surface area contributed by atoms with Crippen LogP contribution in [0.4, 0.5) is 4.39 Å². The number of benzene rings is 2. The molecule has 0 aliphatic heterocycles. The molecule has 176 valence electrons. The van der Waals surface area contributed by atoms with Gasteiger partial charge in [0.25, 0.3) is 0 Å². The summed E-state index contributed by atoms with van der Waals surface area (Å²) in [6, 6.07) is 7.20. The third-order valence-corrected chi connectivity index (χ3v) is 8.08. The molecule has 0 saturated heterocycles. The second-order valence-corrected chi connectivity index (χ2v) is 10.7. The molecule has 1 unspecified atom stereocenters. The zero-order valence-electron chi connectivity index (χ0n) is 18.2. The average Bonchev–Trinajstić information content (AvgIpc) is 3.47. The summed E-state index contributed by atoms with van der Waals surface area (Å²) in [5.41, 5.74) is 1.60. The lowest BCUT2D eigenvalue weighted by molar-refractivity contribution is 0.0697. The highest BCUT2D eigenvalue weighted by molar-refractivity contribution is 9.10. The van der Waals surface area contributed by atoms with Crippen LogP contribution >= 0.6 is 15.9 Å². The van der Waals surface area contributed by atoms with Crippen LogP contribution in [0.3, 0.4) is 0 Å². The van der Waals surface area contributed by atoms with Gasteiger partial charge in [-0.2, -0.15) is 0 Å². The standard InChI is InChI=1S/C24H21BrFN3O4S/c1-13-27-8-9-28(13)11-17-21-19(10-18(25)23(17)30)29(15-4-5-15)20(22(21)24(31)32)12-34(33)16-6-2-14(26)3-7-16/h2-3,6-10,15,30H,4-5,11-12H2,1H3,(H,31,32). The molecule has 2 N–H and O–H groups in total. The SMILES string of the molecule is Cc1nccn1Cc1c(O)c(Br)cc2c1c(C(=O)O)c(CS(=O)c1ccc(F)cc1)n2C1CC1. The summed E-state index contributed by atoms with van der Waals surface area (Å²) in [5.74, 6) is -0.939. The molecule has 1 fully saturated rings. The maximum Gasteiger partial charge on any atom is 0.338 e. The van der Waals surface area contributed by atoms with Crippen LogP contribution in [0.1, 0.15) is 46.3 Å². The molecule has 0 bridgehead atoms. The highest BCUT2D eigenvalue weighted by atomic mass is 79.9. The first-order chi connectivity index (χ1) is 16.3. The minimum absolute atomic E-state index is 0.0351. The number of imidazole rings is 1. The molecule has 2 heterocycles. The Labute approximate surface area is 205 Å². The summed E-state index contributed by atoms with van der Waals surface area (Å²) >= 11 is 3.43. The van der Waals surface area contributed by atoms with E-state index in [9.17, 15) is 23.6 Å². The number of fused-ring (bicyclic) bond motifs is 1. The number of aromatic hydroxyl groups is 1. The van der Waals surface area contributed by atoms with Gasteiger partial charge in [0.05, 0.1) is 38.7 Å². The summed E-state index contributed by atoms with van der Waals surface area (Å²) in [4.78, 5) is 17.2. The third kappa shape index (κ3) is 3.94. The molecule has 34 heavy (non-hydrogen) atoms. The predicted molar refractivity (Wildman–Crippen MR) is 129 cm³/mol. The molecular weight excluding hydrogens is 525 g/mol. The van der Waals surface area contributed by atoms with Crippen molar-refractivity contribution in [2.24, 2.45) is 0 Å². The van der Waals surface area contributed by atoms with Gasteiger partial charge in [0.15, 0.2) is 0 Å². The summed E-state index contributed by atoms with van der Waals surface area (Å²) in [7, 11) is -1.59. The number of phenols is 1. The zero-order valence-corrected chi connectivity index (χ0v) is 20.6. The summed E-state index contributed by atoms with van der Waals surface area (Å²) in [6.07, 6.45) is 5.18. The Balaban J connectivity index is 1.74. The predicted octanol–water partition coefficient (Wildman–Crippen LogP) is 5.14. The van der Waals surface area contributed by atoms with Crippen LogP contribution in [0.5, 0.6) is 5.75 Å². The zero-order chi connectivity index (χ0) is 24.1. The second kappa shape index (κ2) is 8.66. The van der Waals surface area contributed by atoms with Crippen molar-refractivity contribution in [3.8, 4) is 5.75 Å². The number of phenolic OH excluding ortho intramolecular Hbond substituents is 1. The van der Waals surface area contributed by atoms with Crippen LogP contribution in [0.2, 0.25) is 0 Å². The molecule has 2 aromatic heterocycles. The lowest BCUT2D eigenvalue weighted by Gasteiger charge is -2.13. The van der Waals surface area contributed by atoms with E-state index in [4.69, 9.17) is 0 Å². The lowest BCUT2D eigenvalue weighted by Crippen LogP contribution is -2.10. The number of nitrogens with zero attached hydrogens (tertiary/aromatic N) is 3. The average molecular weight is 546 g/mol. The second-order valence-electron chi connectivity index (χ2n) is 8.35. The van der Waals surface area contributed by atoms with Crippen LogP contribution in [0.25, 0.3) is 10.9 Å². The fourth-order valence-electron chi connectivity index (χ4n) is 4.37. The Kier molecular flexibility index (Phi) is 5.81. The molecule has 2 aromatic carbocycles. The van der Waals surface area contributed by atoms with E-state index in [0.717, 1.165) is 18.7 Å². The molecule has 1 saturated carbocycles. The number of carboxylic acids is 1. The maximum atomic E-state index is 13.4. The fourth-order valence-corrected chi connectivity index (χ4v) is 5.96. The van der Waals surface area contributed by atoms with E-state index < -0.39 is 22.6 Å². The molecule has 0 amide bonds. The van der Waals surface area contributed by atoms with E-state index in [1.54, 1.807) is 18.5 Å². The number of halogens is 2. The van der Waals surface area contributed by atoms with Gasteiger partial charge in [0.2, 0.25) is 0 Å². The van der Waals surface area contributed by atoms with E-state index in [1.807, 2.05) is 16.1 Å². The van der Waals surface area contributed by atoms with Gasteiger partial charge in [-0.25, -0.2) is 14.2 Å². The van der Waals surface area contributed by atoms with E-state index in [2.05, 4.69) is 20.9 Å². The molecule has 0 radical (unpaired) electrons. The Bertz CT molecular complexity index is 1460. The first-order valence-electron chi connectivity index (χ1n) is 10.7. The topological polar surface area (TPSA) is 97.3 Å². The van der Waals surface area contributed by atoms with Gasteiger partial charge in [-0.05, 0) is 66.0 Å². The number of hydrogen-bond acceptors (Lipinski definition) is 4. The van der Waals surface area contributed by atoms with Crippen LogP contribution in [-0.2, 0) is 23.1 Å². The molecule has 1 aliphatic rings.